The number of likely N-dealkylation sites (tertiary alicyclic amines) is 1. The predicted octanol–water partition coefficient (Wildman–Crippen LogP) is 6.75. The van der Waals surface area contributed by atoms with Crippen molar-refractivity contribution in [2.24, 2.45) is 23.0 Å². The van der Waals surface area contributed by atoms with E-state index in [1.807, 2.05) is 39.6 Å². The summed E-state index contributed by atoms with van der Waals surface area (Å²) < 4.78 is 5.89. The fourth-order valence-corrected chi connectivity index (χ4v) is 8.94. The lowest BCUT2D eigenvalue weighted by Gasteiger charge is -2.39. The lowest BCUT2D eigenvalue weighted by Crippen LogP contribution is -2.58. The Labute approximate surface area is 406 Å². The average molecular weight is 971 g/mol. The molecule has 1 aromatic carbocycles. The topological polar surface area (TPSA) is 252 Å². The number of rotatable bonds is 29. The van der Waals surface area contributed by atoms with Crippen LogP contribution in [0.2, 0.25) is 0 Å². The number of amides is 6. The Hall–Kier alpha value is -5.14. The van der Waals surface area contributed by atoms with Crippen molar-refractivity contribution < 1.29 is 48.2 Å². The quantitative estimate of drug-likeness (QED) is 0.0282. The number of anilines is 1. The van der Waals surface area contributed by atoms with Crippen LogP contribution < -0.4 is 27.0 Å². The van der Waals surface area contributed by atoms with Crippen molar-refractivity contribution in [2.45, 2.75) is 169 Å². The normalized spacial score (nSPS) is 16.4. The number of nitrogens with zero attached hydrogens (tertiary/aromatic N) is 3. The monoisotopic (exact) mass is 971 g/mol. The van der Waals surface area contributed by atoms with Gasteiger partial charge in [0.1, 0.15) is 16.7 Å². The van der Waals surface area contributed by atoms with Crippen LogP contribution in [0.1, 0.15) is 160 Å². The zero-order valence-corrected chi connectivity index (χ0v) is 42.5. The molecule has 2 aromatic rings. The molecule has 0 radical (unpaired) electrons. The number of hydroxylamine groups is 2. The van der Waals surface area contributed by atoms with Crippen molar-refractivity contribution in [3.05, 3.63) is 45.9 Å². The number of aliphatic carboxylic acids is 1. The number of thiazole rings is 1. The second-order valence-electron chi connectivity index (χ2n) is 19.0. The minimum atomic E-state index is -1.21. The van der Waals surface area contributed by atoms with Crippen LogP contribution in [0.3, 0.4) is 0 Å². The molecular weight excluding hydrogens is 893 g/mol. The second kappa shape index (κ2) is 28.4. The van der Waals surface area contributed by atoms with Gasteiger partial charge >= 0.3 is 18.0 Å². The van der Waals surface area contributed by atoms with Crippen LogP contribution in [0, 0.1) is 17.3 Å². The maximum absolute atomic E-state index is 14.8. The Bertz CT molecular complexity index is 1960. The van der Waals surface area contributed by atoms with Crippen LogP contribution >= 0.6 is 11.3 Å². The number of unbranched alkanes of at least 4 members (excludes halogenated alkanes) is 3. The van der Waals surface area contributed by atoms with Crippen LogP contribution in [0.5, 0.6) is 0 Å². The van der Waals surface area contributed by atoms with Gasteiger partial charge in [-0.3, -0.25) is 38.5 Å². The molecule has 68 heavy (non-hydrogen) atoms. The summed E-state index contributed by atoms with van der Waals surface area (Å²) in [5, 5.41) is 24.7. The Morgan fingerprint density at radius 3 is 2.31 bits per heavy atom. The number of hydrogen-bond acceptors (Lipinski definition) is 12. The molecule has 0 unspecified atom stereocenters. The molecule has 3 rings (SSSR count). The van der Waals surface area contributed by atoms with Crippen molar-refractivity contribution >= 4 is 58.6 Å². The van der Waals surface area contributed by atoms with E-state index in [-0.39, 0.29) is 73.6 Å². The van der Waals surface area contributed by atoms with Crippen LogP contribution in [0.25, 0.3) is 0 Å². The molecular formula is C49H78N8O10S. The molecule has 7 N–H and O–H groups in total. The van der Waals surface area contributed by atoms with Crippen LogP contribution in [0.4, 0.5) is 10.5 Å². The number of carboxylic acids is 1. The van der Waals surface area contributed by atoms with Crippen molar-refractivity contribution in [3.8, 4) is 0 Å². The van der Waals surface area contributed by atoms with Crippen molar-refractivity contribution in [3.63, 3.8) is 0 Å². The maximum Gasteiger partial charge on any atom is 0.312 e. The zero-order chi connectivity index (χ0) is 50.6. The van der Waals surface area contributed by atoms with Gasteiger partial charge in [-0.25, -0.2) is 14.8 Å². The molecule has 6 amide bonds. The van der Waals surface area contributed by atoms with Crippen LogP contribution in [-0.4, -0.2) is 113 Å². The highest BCUT2D eigenvalue weighted by Gasteiger charge is 2.40. The number of primary amides is 1. The number of nitrogens with two attached hydrogens (primary N) is 1. The molecule has 1 fully saturated rings. The van der Waals surface area contributed by atoms with Gasteiger partial charge < -0.3 is 36.8 Å². The van der Waals surface area contributed by atoms with Crippen LogP contribution in [0.15, 0.2) is 29.6 Å². The third-order valence-corrected chi connectivity index (χ3v) is 13.4. The molecule has 0 bridgehead atoms. The van der Waals surface area contributed by atoms with Gasteiger partial charge in [0.05, 0.1) is 24.1 Å². The number of benzene rings is 1. The minimum absolute atomic E-state index is 0.0424. The van der Waals surface area contributed by atoms with Gasteiger partial charge in [-0.05, 0) is 102 Å². The average Bonchev–Trinajstić information content (AvgIpc) is 3.78. The van der Waals surface area contributed by atoms with E-state index in [1.165, 1.54) is 12.0 Å². The summed E-state index contributed by atoms with van der Waals surface area (Å²) in [5.41, 5.74) is 5.27. The molecule has 0 aliphatic carbocycles. The first kappa shape index (κ1) is 57.2. The fraction of sp³-hybridized carbons (Fsp3) is 0.673. The summed E-state index contributed by atoms with van der Waals surface area (Å²) in [4.78, 5) is 104. The van der Waals surface area contributed by atoms with Gasteiger partial charge in [-0.2, -0.15) is 0 Å². The van der Waals surface area contributed by atoms with Gasteiger partial charge in [0.2, 0.25) is 11.8 Å². The third kappa shape index (κ3) is 18.7. The van der Waals surface area contributed by atoms with E-state index in [0.29, 0.717) is 49.3 Å². The summed E-state index contributed by atoms with van der Waals surface area (Å²) in [6.07, 6.45) is 6.64. The smallest absolute Gasteiger partial charge is 0.312 e. The highest BCUT2D eigenvalue weighted by molar-refractivity contribution is 7.09. The largest absolute Gasteiger partial charge is 0.481 e. The highest BCUT2D eigenvalue weighted by atomic mass is 32.1. The van der Waals surface area contributed by atoms with E-state index in [9.17, 15) is 38.7 Å². The molecule has 380 valence electrons. The van der Waals surface area contributed by atoms with Gasteiger partial charge in [-0.15, -0.1) is 11.3 Å². The lowest BCUT2D eigenvalue weighted by molar-refractivity contribution is -0.213. The van der Waals surface area contributed by atoms with E-state index in [2.05, 4.69) is 33.2 Å². The Morgan fingerprint density at radius 1 is 1.00 bits per heavy atom. The number of aromatic nitrogens is 1. The highest BCUT2D eigenvalue weighted by Crippen LogP contribution is 2.33. The van der Waals surface area contributed by atoms with E-state index in [4.69, 9.17) is 15.3 Å². The summed E-state index contributed by atoms with van der Waals surface area (Å²) in [5.74, 6) is -3.38. The molecule has 1 saturated heterocycles. The Morgan fingerprint density at radius 2 is 1.71 bits per heavy atom. The zero-order valence-electron chi connectivity index (χ0n) is 41.7. The number of esters is 1. The number of ether oxygens (including phenoxy) is 1. The number of carbonyl (C=O) groups excluding carboxylic acids is 6. The van der Waals surface area contributed by atoms with E-state index in [0.717, 1.165) is 49.1 Å². The SMILES string of the molecule is CCCCCON(C(=O)[C@@H](NC(=O)[C@H]1CCCCN1C)[C@@H](C)CC)[C@H](C[C@@H](OC(C)=O)c1nc(C(=O)N[C@@H](Cc2ccc(NC(=O)CCCCNC(N)=O)cc2)CC(C)(C)C(=O)O)cs1)C(C)C. The molecule has 2 heterocycles. The fourth-order valence-electron chi connectivity index (χ4n) is 8.10. The number of nitrogens with one attached hydrogen (secondary N) is 4. The van der Waals surface area contributed by atoms with E-state index >= 15 is 0 Å². The first-order chi connectivity index (χ1) is 32.2. The second-order valence-corrected chi connectivity index (χ2v) is 19.9. The molecule has 0 spiro atoms. The summed E-state index contributed by atoms with van der Waals surface area (Å²) >= 11 is 1.12. The van der Waals surface area contributed by atoms with Crippen molar-refractivity contribution in [1.29, 1.82) is 0 Å². The van der Waals surface area contributed by atoms with Gasteiger partial charge in [0, 0.05) is 43.4 Å². The minimum Gasteiger partial charge on any atom is -0.481 e. The standard InChI is InChI=1S/C49H78N8O10S/c1-10-12-17-26-66-57(46(62)42(32(5)11-2)55-44(61)38-18-14-16-25-56(38)9)39(31(3)4)28-40(67-33(6)58)45-54-37(30-68-45)43(60)53-36(29-49(7,8)47(63)64)27-34-20-22-35(23-21-34)52-41(59)19-13-15-24-51-48(50)65/h20-23,30-32,36,38-40,42H,10-19,24-29H2,1-9H3,(H,52,59)(H,53,60)(H,55,61)(H,63,64)(H3,50,51,65)/t32-,36-,38+,39+,40+,42-/m0/s1. The Kier molecular flexibility index (Phi) is 23.9. The molecule has 1 aliphatic rings. The molecule has 1 aliphatic heterocycles. The molecule has 0 saturated carbocycles. The third-order valence-electron chi connectivity index (χ3n) is 12.4. The number of likely N-dealkylation sites (N-methyl/N-ethyl adjacent to an activating group) is 1. The number of urea groups is 1. The van der Waals surface area contributed by atoms with Gasteiger partial charge in [-0.1, -0.05) is 72.4 Å². The first-order valence-corrected chi connectivity index (χ1v) is 25.1. The van der Waals surface area contributed by atoms with Gasteiger partial charge in [0.25, 0.3) is 11.8 Å². The van der Waals surface area contributed by atoms with Gasteiger partial charge in [0.15, 0.2) is 6.10 Å². The maximum atomic E-state index is 14.8. The Balaban J connectivity index is 1.87. The summed E-state index contributed by atoms with van der Waals surface area (Å²) in [6.45, 7) is 15.8. The van der Waals surface area contributed by atoms with Crippen LogP contribution in [-0.2, 0) is 40.0 Å². The van der Waals surface area contributed by atoms with E-state index in [1.54, 1.807) is 43.5 Å². The summed E-state index contributed by atoms with van der Waals surface area (Å²) in [7, 11) is 1.93. The number of piperidine rings is 1. The lowest BCUT2D eigenvalue weighted by atomic mass is 9.84. The molecule has 1 aromatic heterocycles. The predicted molar refractivity (Wildman–Crippen MR) is 261 cm³/mol. The van der Waals surface area contributed by atoms with Crippen molar-refractivity contribution in [2.75, 3.05) is 32.1 Å². The first-order valence-electron chi connectivity index (χ1n) is 24.2. The number of carboxylic acid groups (broad SMARTS) is 1. The molecule has 19 heteroatoms. The number of carbonyl (C=O) groups is 7. The number of hydrogen-bond donors (Lipinski definition) is 6. The summed E-state index contributed by atoms with van der Waals surface area (Å²) in [6, 6.07) is 3.93. The van der Waals surface area contributed by atoms with E-state index < -0.39 is 53.5 Å². The van der Waals surface area contributed by atoms with Crippen molar-refractivity contribution in [1.82, 2.24) is 30.9 Å². The molecule has 18 nitrogen and oxygen atoms in total. The molecule has 6 atom stereocenters.